The van der Waals surface area contributed by atoms with Gasteiger partial charge in [0.1, 0.15) is 0 Å². The van der Waals surface area contributed by atoms with Crippen molar-refractivity contribution in [3.8, 4) is 0 Å². The minimum absolute atomic E-state index is 0.0769. The molecule has 1 aromatic rings. The number of rotatable bonds is 8. The minimum atomic E-state index is -3.63. The molecule has 1 amide bonds. The van der Waals surface area contributed by atoms with Crippen molar-refractivity contribution in [1.82, 2.24) is 14.9 Å². The van der Waals surface area contributed by atoms with E-state index < -0.39 is 10.0 Å². The van der Waals surface area contributed by atoms with Crippen molar-refractivity contribution in [3.63, 3.8) is 0 Å². The number of benzene rings is 1. The van der Waals surface area contributed by atoms with Gasteiger partial charge in [-0.15, -0.1) is 6.58 Å². The number of sulfonamides is 1. The molecular formula is C17H25N3O3S. The minimum Gasteiger partial charge on any atom is -0.351 e. The van der Waals surface area contributed by atoms with E-state index in [1.165, 1.54) is 37.5 Å². The van der Waals surface area contributed by atoms with Crippen LogP contribution in [-0.2, 0) is 10.0 Å². The van der Waals surface area contributed by atoms with E-state index in [2.05, 4.69) is 21.5 Å². The first-order chi connectivity index (χ1) is 11.5. The van der Waals surface area contributed by atoms with E-state index in [4.69, 9.17) is 0 Å². The van der Waals surface area contributed by atoms with Crippen molar-refractivity contribution in [2.75, 3.05) is 32.7 Å². The molecule has 0 aromatic heterocycles. The lowest BCUT2D eigenvalue weighted by molar-refractivity contribution is 0.0946. The monoisotopic (exact) mass is 351 g/mol. The van der Waals surface area contributed by atoms with Crippen LogP contribution < -0.4 is 10.0 Å². The van der Waals surface area contributed by atoms with Crippen molar-refractivity contribution in [3.05, 3.63) is 42.5 Å². The van der Waals surface area contributed by atoms with Gasteiger partial charge < -0.3 is 10.2 Å². The van der Waals surface area contributed by atoms with E-state index in [0.29, 0.717) is 12.1 Å². The molecular weight excluding hydrogens is 326 g/mol. The zero-order valence-corrected chi connectivity index (χ0v) is 14.6. The van der Waals surface area contributed by atoms with Gasteiger partial charge in [-0.2, -0.15) is 0 Å². The van der Waals surface area contributed by atoms with Crippen molar-refractivity contribution in [2.24, 2.45) is 0 Å². The second kappa shape index (κ2) is 8.96. The van der Waals surface area contributed by atoms with Gasteiger partial charge >= 0.3 is 0 Å². The van der Waals surface area contributed by atoms with Crippen LogP contribution in [0.2, 0.25) is 0 Å². The first-order valence-corrected chi connectivity index (χ1v) is 9.72. The van der Waals surface area contributed by atoms with Crippen LogP contribution >= 0.6 is 0 Å². The summed E-state index contributed by atoms with van der Waals surface area (Å²) >= 11 is 0. The van der Waals surface area contributed by atoms with E-state index in [-0.39, 0.29) is 17.3 Å². The molecule has 0 saturated carbocycles. The molecule has 1 fully saturated rings. The molecule has 24 heavy (non-hydrogen) atoms. The fourth-order valence-corrected chi connectivity index (χ4v) is 3.71. The number of piperidine rings is 1. The highest BCUT2D eigenvalue weighted by molar-refractivity contribution is 7.89. The summed E-state index contributed by atoms with van der Waals surface area (Å²) in [5.74, 6) is -0.257. The number of carbonyl (C=O) groups excluding carboxylic acids is 1. The molecule has 1 saturated heterocycles. The summed E-state index contributed by atoms with van der Waals surface area (Å²) in [5, 5.41) is 2.86. The van der Waals surface area contributed by atoms with Gasteiger partial charge in [0.25, 0.3) is 5.91 Å². The lowest BCUT2D eigenvalue weighted by Crippen LogP contribution is -2.37. The van der Waals surface area contributed by atoms with Crippen molar-refractivity contribution >= 4 is 15.9 Å². The van der Waals surface area contributed by atoms with Crippen LogP contribution in [0.25, 0.3) is 0 Å². The third-order valence-electron chi connectivity index (χ3n) is 3.99. The highest BCUT2D eigenvalue weighted by Gasteiger charge is 2.15. The van der Waals surface area contributed by atoms with Crippen LogP contribution in [0.1, 0.15) is 29.6 Å². The Balaban J connectivity index is 1.92. The average Bonchev–Trinajstić information content (AvgIpc) is 2.61. The normalized spacial score (nSPS) is 15.8. The molecule has 1 heterocycles. The summed E-state index contributed by atoms with van der Waals surface area (Å²) in [7, 11) is -3.63. The number of amides is 1. The molecule has 1 aliphatic rings. The smallest absolute Gasteiger partial charge is 0.251 e. The predicted molar refractivity (Wildman–Crippen MR) is 94.5 cm³/mol. The Labute approximate surface area is 144 Å². The number of nitrogens with zero attached hydrogens (tertiary/aromatic N) is 1. The van der Waals surface area contributed by atoms with Crippen molar-refractivity contribution in [2.45, 2.75) is 24.2 Å². The molecule has 6 nitrogen and oxygen atoms in total. The zero-order chi connectivity index (χ0) is 17.4. The quantitative estimate of drug-likeness (QED) is 0.694. The second-order valence-corrected chi connectivity index (χ2v) is 7.59. The molecule has 0 atom stereocenters. The number of hydrogen-bond acceptors (Lipinski definition) is 4. The first-order valence-electron chi connectivity index (χ1n) is 8.24. The van der Waals surface area contributed by atoms with Gasteiger partial charge in [-0.05, 0) is 44.1 Å². The Hall–Kier alpha value is -1.70. The van der Waals surface area contributed by atoms with Crippen LogP contribution in [0, 0.1) is 0 Å². The molecule has 1 aromatic carbocycles. The number of hydrogen-bond donors (Lipinski definition) is 2. The van der Waals surface area contributed by atoms with E-state index in [1.807, 2.05) is 0 Å². The summed E-state index contributed by atoms with van der Waals surface area (Å²) < 4.78 is 26.6. The molecule has 1 aliphatic heterocycles. The third-order valence-corrected chi connectivity index (χ3v) is 5.41. The Morgan fingerprint density at radius 2 is 2.00 bits per heavy atom. The maximum absolute atomic E-state index is 12.2. The number of carbonyl (C=O) groups is 1. The average molecular weight is 351 g/mol. The fraction of sp³-hybridized carbons (Fsp3) is 0.471. The molecule has 0 aliphatic carbocycles. The highest BCUT2D eigenvalue weighted by Crippen LogP contribution is 2.11. The van der Waals surface area contributed by atoms with Crippen LogP contribution in [0.3, 0.4) is 0 Å². The zero-order valence-electron chi connectivity index (χ0n) is 13.8. The molecule has 0 bridgehead atoms. The van der Waals surface area contributed by atoms with Gasteiger partial charge in [-0.1, -0.05) is 18.6 Å². The van der Waals surface area contributed by atoms with Gasteiger partial charge in [0.2, 0.25) is 10.0 Å². The van der Waals surface area contributed by atoms with Crippen molar-refractivity contribution < 1.29 is 13.2 Å². The van der Waals surface area contributed by atoms with E-state index in [1.54, 1.807) is 12.1 Å². The molecule has 2 rings (SSSR count). The molecule has 2 N–H and O–H groups in total. The Morgan fingerprint density at radius 1 is 1.25 bits per heavy atom. The van der Waals surface area contributed by atoms with Gasteiger partial charge in [0.15, 0.2) is 0 Å². The fourth-order valence-electron chi connectivity index (χ4n) is 2.67. The number of likely N-dealkylation sites (tertiary alicyclic amines) is 1. The maximum Gasteiger partial charge on any atom is 0.251 e. The van der Waals surface area contributed by atoms with Crippen LogP contribution in [-0.4, -0.2) is 51.9 Å². The highest BCUT2D eigenvalue weighted by atomic mass is 32.2. The van der Waals surface area contributed by atoms with Gasteiger partial charge in [-0.25, -0.2) is 13.1 Å². The van der Waals surface area contributed by atoms with E-state index in [0.717, 1.165) is 19.6 Å². The van der Waals surface area contributed by atoms with Crippen LogP contribution in [0.4, 0.5) is 0 Å². The number of nitrogens with one attached hydrogen (secondary N) is 2. The Kier molecular flexibility index (Phi) is 6.96. The summed E-state index contributed by atoms with van der Waals surface area (Å²) in [5.41, 5.74) is 0.343. The predicted octanol–water partition coefficient (Wildman–Crippen LogP) is 1.37. The molecule has 0 radical (unpaired) electrons. The molecule has 0 unspecified atom stereocenters. The van der Waals surface area contributed by atoms with E-state index >= 15 is 0 Å². The van der Waals surface area contributed by atoms with Crippen LogP contribution in [0.15, 0.2) is 41.8 Å². The third kappa shape index (κ3) is 5.43. The maximum atomic E-state index is 12.2. The lowest BCUT2D eigenvalue weighted by atomic mass is 10.1. The summed E-state index contributed by atoms with van der Waals surface area (Å²) in [4.78, 5) is 14.6. The first kappa shape index (κ1) is 18.6. The SMILES string of the molecule is C=CCNS(=O)(=O)c1cccc(C(=O)NCCN2CCCCC2)c1. The summed E-state index contributed by atoms with van der Waals surface area (Å²) in [6.07, 6.45) is 5.18. The topological polar surface area (TPSA) is 78.5 Å². The molecule has 0 spiro atoms. The second-order valence-electron chi connectivity index (χ2n) is 5.83. The largest absolute Gasteiger partial charge is 0.351 e. The van der Waals surface area contributed by atoms with E-state index in [9.17, 15) is 13.2 Å². The Bertz CT molecular complexity index is 667. The molecule has 7 heteroatoms. The lowest BCUT2D eigenvalue weighted by Gasteiger charge is -2.26. The van der Waals surface area contributed by atoms with Gasteiger partial charge in [-0.3, -0.25) is 4.79 Å². The van der Waals surface area contributed by atoms with Crippen LogP contribution in [0.5, 0.6) is 0 Å². The van der Waals surface area contributed by atoms with Crippen molar-refractivity contribution in [1.29, 1.82) is 0 Å². The van der Waals surface area contributed by atoms with Gasteiger partial charge in [0, 0.05) is 25.2 Å². The van der Waals surface area contributed by atoms with Gasteiger partial charge in [0.05, 0.1) is 4.90 Å². The standard InChI is InChI=1S/C17H25N3O3S/c1-2-9-19-24(22,23)16-8-6-7-15(14-16)17(21)18-10-13-20-11-4-3-5-12-20/h2,6-8,14,19H,1,3-5,9-13H2,(H,18,21). The molecule has 132 valence electrons. The summed E-state index contributed by atoms with van der Waals surface area (Å²) in [6, 6.07) is 6.04. The summed E-state index contributed by atoms with van der Waals surface area (Å²) in [6.45, 7) is 7.18. The Morgan fingerprint density at radius 3 is 2.71 bits per heavy atom.